The average molecular weight is 424 g/mol. The molecule has 1 aliphatic heterocycles. The van der Waals surface area contributed by atoms with Crippen molar-refractivity contribution >= 4 is 0 Å². The number of rotatable bonds is 9. The van der Waals surface area contributed by atoms with Crippen LogP contribution in [0.2, 0.25) is 0 Å². The number of halogens is 1. The van der Waals surface area contributed by atoms with Crippen molar-refractivity contribution in [2.45, 2.75) is 37.5 Å². The second-order valence-corrected chi connectivity index (χ2v) is 8.46. The molecule has 3 aromatic rings. The lowest BCUT2D eigenvalue weighted by atomic mass is 9.78. The number of likely N-dealkylation sites (tertiary alicyclic amines) is 1. The van der Waals surface area contributed by atoms with Gasteiger partial charge >= 0.3 is 0 Å². The number of nitrogens with zero attached hydrogens (tertiary/aromatic N) is 3. The minimum Gasteiger partial charge on any atom is -0.384 e. The van der Waals surface area contributed by atoms with E-state index in [1.807, 2.05) is 0 Å². The molecule has 1 aromatic heterocycles. The molecule has 1 saturated heterocycles. The van der Waals surface area contributed by atoms with E-state index in [1.165, 1.54) is 17.7 Å². The Morgan fingerprint density at radius 1 is 1.03 bits per heavy atom. The maximum Gasteiger partial charge on any atom is 0.235 e. The van der Waals surface area contributed by atoms with E-state index < -0.39 is 0 Å². The highest BCUT2D eigenvalue weighted by molar-refractivity contribution is 5.20. The number of aromatic nitrogens is 2. The summed E-state index contributed by atoms with van der Waals surface area (Å²) >= 11 is 0. The maximum atomic E-state index is 13.1. The Hall–Kier alpha value is -2.57. The second kappa shape index (κ2) is 10.2. The predicted molar refractivity (Wildman–Crippen MR) is 117 cm³/mol. The van der Waals surface area contributed by atoms with Crippen LogP contribution in [-0.2, 0) is 23.0 Å². The van der Waals surface area contributed by atoms with E-state index in [1.54, 1.807) is 19.2 Å². The van der Waals surface area contributed by atoms with Crippen LogP contribution in [0.5, 0.6) is 0 Å². The van der Waals surface area contributed by atoms with Crippen molar-refractivity contribution in [2.75, 3.05) is 33.4 Å². The largest absolute Gasteiger partial charge is 0.384 e. The zero-order valence-corrected chi connectivity index (χ0v) is 18.1. The van der Waals surface area contributed by atoms with Crippen LogP contribution in [0.25, 0.3) is 0 Å². The molecule has 0 spiro atoms. The third-order valence-corrected chi connectivity index (χ3v) is 6.21. The van der Waals surface area contributed by atoms with E-state index in [2.05, 4.69) is 40.4 Å². The van der Waals surface area contributed by atoms with Gasteiger partial charge in [0.05, 0.1) is 12.0 Å². The van der Waals surface area contributed by atoms with Crippen molar-refractivity contribution in [3.05, 3.63) is 83.3 Å². The van der Waals surface area contributed by atoms with Gasteiger partial charge in [0.2, 0.25) is 5.89 Å². The molecule has 1 aliphatic rings. The van der Waals surface area contributed by atoms with Gasteiger partial charge in [-0.3, -0.25) is 0 Å². The Kier molecular flexibility index (Phi) is 7.10. The zero-order chi connectivity index (χ0) is 21.5. The van der Waals surface area contributed by atoms with Crippen molar-refractivity contribution in [2.24, 2.45) is 0 Å². The summed E-state index contributed by atoms with van der Waals surface area (Å²) in [6, 6.07) is 17.1. The molecule has 0 aliphatic carbocycles. The highest BCUT2D eigenvalue weighted by Gasteiger charge is 2.41. The van der Waals surface area contributed by atoms with E-state index >= 15 is 0 Å². The minimum atomic E-state index is -0.243. The number of benzene rings is 2. The summed E-state index contributed by atoms with van der Waals surface area (Å²) < 4.78 is 24.4. The maximum absolute atomic E-state index is 13.1. The van der Waals surface area contributed by atoms with Gasteiger partial charge in [0, 0.05) is 13.5 Å². The van der Waals surface area contributed by atoms with Crippen LogP contribution < -0.4 is 0 Å². The Morgan fingerprint density at radius 2 is 1.77 bits per heavy atom. The summed E-state index contributed by atoms with van der Waals surface area (Å²) in [4.78, 5) is 7.22. The topological polar surface area (TPSA) is 51.4 Å². The van der Waals surface area contributed by atoms with Gasteiger partial charge in [-0.2, -0.15) is 4.98 Å². The third kappa shape index (κ3) is 5.57. The molecule has 31 heavy (non-hydrogen) atoms. The first kappa shape index (κ1) is 21.7. The van der Waals surface area contributed by atoms with E-state index in [4.69, 9.17) is 14.2 Å². The first-order valence-corrected chi connectivity index (χ1v) is 11.0. The van der Waals surface area contributed by atoms with Crippen molar-refractivity contribution in [1.29, 1.82) is 0 Å². The Balaban J connectivity index is 1.34. The van der Waals surface area contributed by atoms with Gasteiger partial charge < -0.3 is 14.2 Å². The Labute approximate surface area is 183 Å². The van der Waals surface area contributed by atoms with Crippen molar-refractivity contribution < 1.29 is 13.7 Å². The molecule has 2 aromatic carbocycles. The van der Waals surface area contributed by atoms with E-state index in [9.17, 15) is 4.39 Å². The molecule has 4 rings (SSSR count). The van der Waals surface area contributed by atoms with Crippen LogP contribution in [0.15, 0.2) is 59.1 Å². The SMILES string of the molecule is COCC1(c2nc(Cc3ccc(F)cc3)no2)CCN(CCCc2ccccc2)CC1. The number of hydrogen-bond donors (Lipinski definition) is 0. The summed E-state index contributed by atoms with van der Waals surface area (Å²) in [5, 5.41) is 4.19. The molecule has 0 N–H and O–H groups in total. The van der Waals surface area contributed by atoms with Gasteiger partial charge in [-0.05, 0) is 68.6 Å². The molecule has 1 fully saturated rings. The zero-order valence-electron chi connectivity index (χ0n) is 18.1. The molecule has 6 heteroatoms. The van der Waals surface area contributed by atoms with Crippen molar-refractivity contribution in [3.63, 3.8) is 0 Å². The number of methoxy groups -OCH3 is 1. The molecule has 0 amide bonds. The normalized spacial score (nSPS) is 16.5. The van der Waals surface area contributed by atoms with Gasteiger partial charge in [0.15, 0.2) is 5.82 Å². The third-order valence-electron chi connectivity index (χ3n) is 6.21. The smallest absolute Gasteiger partial charge is 0.235 e. The summed E-state index contributed by atoms with van der Waals surface area (Å²) in [7, 11) is 1.73. The monoisotopic (exact) mass is 423 g/mol. The molecule has 0 unspecified atom stereocenters. The van der Waals surface area contributed by atoms with E-state index in [0.29, 0.717) is 24.7 Å². The number of aryl methyl sites for hydroxylation is 1. The fourth-order valence-corrected chi connectivity index (χ4v) is 4.38. The van der Waals surface area contributed by atoms with Crippen LogP contribution in [-0.4, -0.2) is 48.4 Å². The molecule has 0 radical (unpaired) electrons. The summed E-state index contributed by atoms with van der Waals surface area (Å²) in [5.74, 6) is 1.05. The number of ether oxygens (including phenoxy) is 1. The average Bonchev–Trinajstić information content (AvgIpc) is 3.27. The number of hydrogen-bond acceptors (Lipinski definition) is 5. The van der Waals surface area contributed by atoms with Crippen molar-refractivity contribution in [3.8, 4) is 0 Å². The molecule has 0 bridgehead atoms. The first-order chi connectivity index (χ1) is 15.2. The quantitative estimate of drug-likeness (QED) is 0.510. The van der Waals surface area contributed by atoms with Crippen LogP contribution in [0.1, 0.15) is 42.1 Å². The Bertz CT molecular complexity index is 935. The lowest BCUT2D eigenvalue weighted by Gasteiger charge is -2.38. The second-order valence-electron chi connectivity index (χ2n) is 8.46. The molecule has 0 saturated carbocycles. The van der Waals surface area contributed by atoms with Gasteiger partial charge in [-0.15, -0.1) is 0 Å². The van der Waals surface area contributed by atoms with E-state index in [0.717, 1.165) is 50.9 Å². The summed E-state index contributed by atoms with van der Waals surface area (Å²) in [5.41, 5.74) is 2.12. The van der Waals surface area contributed by atoms with E-state index in [-0.39, 0.29) is 11.2 Å². The fraction of sp³-hybridized carbons (Fsp3) is 0.440. The lowest BCUT2D eigenvalue weighted by molar-refractivity contribution is 0.0526. The molecule has 2 heterocycles. The van der Waals surface area contributed by atoms with Crippen LogP contribution in [0, 0.1) is 5.82 Å². The predicted octanol–water partition coefficient (Wildman–Crippen LogP) is 4.41. The van der Waals surface area contributed by atoms with Crippen LogP contribution in [0.4, 0.5) is 4.39 Å². The standard InChI is InChI=1S/C25H30FN3O2/c1-30-19-25(24-27-23(28-31-24)18-21-9-11-22(26)12-10-21)13-16-29(17-14-25)15-5-8-20-6-3-2-4-7-20/h2-4,6-7,9-12H,5,8,13-19H2,1H3. The minimum absolute atomic E-state index is 0.237. The van der Waals surface area contributed by atoms with Crippen LogP contribution in [0.3, 0.4) is 0 Å². The van der Waals surface area contributed by atoms with Gasteiger partial charge in [0.25, 0.3) is 0 Å². The highest BCUT2D eigenvalue weighted by Crippen LogP contribution is 2.35. The van der Waals surface area contributed by atoms with Crippen LogP contribution >= 0.6 is 0 Å². The Morgan fingerprint density at radius 3 is 2.48 bits per heavy atom. The van der Waals surface area contributed by atoms with Crippen molar-refractivity contribution in [1.82, 2.24) is 15.0 Å². The van der Waals surface area contributed by atoms with Gasteiger partial charge in [-0.1, -0.05) is 47.6 Å². The summed E-state index contributed by atoms with van der Waals surface area (Å²) in [6.45, 7) is 3.66. The summed E-state index contributed by atoms with van der Waals surface area (Å²) in [6.07, 6.45) is 4.66. The molecule has 0 atom stereocenters. The highest BCUT2D eigenvalue weighted by atomic mass is 19.1. The van der Waals surface area contributed by atoms with Gasteiger partial charge in [-0.25, -0.2) is 4.39 Å². The lowest BCUT2D eigenvalue weighted by Crippen LogP contribution is -2.45. The number of piperidine rings is 1. The molecular formula is C25H30FN3O2. The molecular weight excluding hydrogens is 393 g/mol. The molecule has 164 valence electrons. The van der Waals surface area contributed by atoms with Gasteiger partial charge in [0.1, 0.15) is 5.82 Å². The fourth-order valence-electron chi connectivity index (χ4n) is 4.38. The molecule has 5 nitrogen and oxygen atoms in total. The first-order valence-electron chi connectivity index (χ1n) is 11.0.